The van der Waals surface area contributed by atoms with Gasteiger partial charge in [0.15, 0.2) is 0 Å². The van der Waals surface area contributed by atoms with Crippen LogP contribution in [-0.4, -0.2) is 25.7 Å². The fourth-order valence-electron chi connectivity index (χ4n) is 3.38. The van der Waals surface area contributed by atoms with Crippen molar-refractivity contribution in [2.75, 3.05) is 0 Å². The van der Waals surface area contributed by atoms with Gasteiger partial charge in [0, 0.05) is 36.3 Å². The molecule has 3 aromatic heterocycles. The maximum atomic E-state index is 11.9. The van der Waals surface area contributed by atoms with Crippen LogP contribution >= 0.6 is 0 Å². The van der Waals surface area contributed by atoms with Crippen molar-refractivity contribution >= 4 is 16.8 Å². The lowest BCUT2D eigenvalue weighted by Crippen LogP contribution is -2.16. The number of nitrogens with zero attached hydrogens (tertiary/aromatic N) is 4. The highest BCUT2D eigenvalue weighted by molar-refractivity contribution is 5.94. The number of fused-ring (bicyclic) bond motifs is 1. The van der Waals surface area contributed by atoms with Crippen molar-refractivity contribution in [2.45, 2.75) is 12.8 Å². The van der Waals surface area contributed by atoms with Gasteiger partial charge in [-0.2, -0.15) is 5.10 Å². The largest absolute Gasteiger partial charge is 0.366 e. The minimum absolute atomic E-state index is 0.128. The van der Waals surface area contributed by atoms with Crippen LogP contribution in [0.3, 0.4) is 0 Å². The third-order valence-electron chi connectivity index (χ3n) is 4.73. The van der Waals surface area contributed by atoms with Gasteiger partial charge in [0.1, 0.15) is 0 Å². The highest BCUT2D eigenvalue weighted by Crippen LogP contribution is 2.33. The Morgan fingerprint density at radius 2 is 2.00 bits per heavy atom. The molecule has 0 aliphatic carbocycles. The summed E-state index contributed by atoms with van der Waals surface area (Å²) >= 11 is 0. The van der Waals surface area contributed by atoms with Gasteiger partial charge in [-0.25, -0.2) is 4.98 Å². The van der Waals surface area contributed by atoms with Gasteiger partial charge in [-0.3, -0.25) is 14.5 Å². The quantitative estimate of drug-likeness (QED) is 0.607. The van der Waals surface area contributed by atoms with E-state index in [1.807, 2.05) is 50.5 Å². The summed E-state index contributed by atoms with van der Waals surface area (Å²) in [4.78, 5) is 21.1. The number of aryl methyl sites for hydroxylation is 1. The minimum atomic E-state index is -0.476. The maximum Gasteiger partial charge on any atom is 0.250 e. The van der Waals surface area contributed by atoms with Crippen LogP contribution in [0.2, 0.25) is 0 Å². The molecule has 4 rings (SSSR count). The molecule has 0 spiro atoms. The molecule has 0 saturated heterocycles. The number of nitrogens with two attached hydrogens (primary N) is 1. The summed E-state index contributed by atoms with van der Waals surface area (Å²) in [5.41, 5.74) is 10.4. The molecule has 3 heterocycles. The van der Waals surface area contributed by atoms with Crippen LogP contribution in [0, 0.1) is 0 Å². The monoisotopic (exact) mass is 357 g/mol. The molecular formula is C21H19N5O. The number of aromatic nitrogens is 4. The van der Waals surface area contributed by atoms with E-state index in [1.54, 1.807) is 29.2 Å². The fourth-order valence-corrected chi connectivity index (χ4v) is 3.38. The van der Waals surface area contributed by atoms with Gasteiger partial charge in [-0.1, -0.05) is 25.1 Å². The number of hydrogen-bond donors (Lipinski definition) is 1. The Hall–Kier alpha value is -3.54. The van der Waals surface area contributed by atoms with Gasteiger partial charge in [-0.15, -0.1) is 0 Å². The number of pyridine rings is 2. The number of carbonyl (C=O) groups excluding carboxylic acids is 1. The second-order valence-corrected chi connectivity index (χ2v) is 6.54. The molecule has 0 saturated carbocycles. The average molecular weight is 357 g/mol. The van der Waals surface area contributed by atoms with Gasteiger partial charge >= 0.3 is 0 Å². The van der Waals surface area contributed by atoms with Crippen LogP contribution in [0.25, 0.3) is 22.2 Å². The number of rotatable bonds is 4. The lowest BCUT2D eigenvalue weighted by Gasteiger charge is -2.17. The highest BCUT2D eigenvalue weighted by Gasteiger charge is 2.20. The summed E-state index contributed by atoms with van der Waals surface area (Å²) in [6, 6.07) is 13.5. The molecule has 1 atom stereocenters. The number of amides is 1. The Balaban J connectivity index is 1.94. The topological polar surface area (TPSA) is 86.7 Å². The molecule has 134 valence electrons. The van der Waals surface area contributed by atoms with Crippen molar-refractivity contribution in [1.82, 2.24) is 19.7 Å². The zero-order valence-electron chi connectivity index (χ0n) is 15.1. The first kappa shape index (κ1) is 16.9. The van der Waals surface area contributed by atoms with E-state index >= 15 is 0 Å². The Bertz CT molecular complexity index is 1150. The second-order valence-electron chi connectivity index (χ2n) is 6.54. The standard InChI is InChI=1S/C21H19N5O/c1-13(20-16(21(22)27)7-5-9-23-20)17-10-19(14-11-24-26(2)12-14)25-18-8-4-3-6-15(17)18/h3-13H,1-2H3,(H2,22,27)/t13-/m1/s1. The van der Waals surface area contributed by atoms with Crippen LogP contribution in [0.4, 0.5) is 0 Å². The smallest absolute Gasteiger partial charge is 0.250 e. The van der Waals surface area contributed by atoms with Crippen molar-refractivity contribution in [1.29, 1.82) is 0 Å². The number of carbonyl (C=O) groups is 1. The molecule has 0 bridgehead atoms. The minimum Gasteiger partial charge on any atom is -0.366 e. The molecular weight excluding hydrogens is 338 g/mol. The van der Waals surface area contributed by atoms with Gasteiger partial charge < -0.3 is 5.73 Å². The number of para-hydroxylation sites is 1. The number of primary amides is 1. The van der Waals surface area contributed by atoms with Gasteiger partial charge in [0.25, 0.3) is 5.91 Å². The normalized spacial score (nSPS) is 12.2. The predicted octanol–water partition coefficient (Wildman–Crippen LogP) is 3.28. The van der Waals surface area contributed by atoms with Gasteiger partial charge in [-0.05, 0) is 29.8 Å². The van der Waals surface area contributed by atoms with Crippen LogP contribution in [-0.2, 0) is 7.05 Å². The zero-order valence-corrected chi connectivity index (χ0v) is 15.1. The van der Waals surface area contributed by atoms with E-state index in [2.05, 4.69) is 10.1 Å². The maximum absolute atomic E-state index is 11.9. The molecule has 0 aliphatic heterocycles. The molecule has 6 nitrogen and oxygen atoms in total. The molecule has 27 heavy (non-hydrogen) atoms. The van der Waals surface area contributed by atoms with E-state index in [0.717, 1.165) is 27.7 Å². The Kier molecular flexibility index (Phi) is 4.16. The summed E-state index contributed by atoms with van der Waals surface area (Å²) in [7, 11) is 1.88. The predicted molar refractivity (Wildman–Crippen MR) is 104 cm³/mol. The average Bonchev–Trinajstić information content (AvgIpc) is 3.13. The Labute approximate surface area is 156 Å². The van der Waals surface area contributed by atoms with E-state index in [9.17, 15) is 4.79 Å². The van der Waals surface area contributed by atoms with Crippen molar-refractivity contribution in [3.8, 4) is 11.3 Å². The molecule has 6 heteroatoms. The van der Waals surface area contributed by atoms with Crippen molar-refractivity contribution in [3.63, 3.8) is 0 Å². The summed E-state index contributed by atoms with van der Waals surface area (Å²) < 4.78 is 1.75. The number of hydrogen-bond acceptors (Lipinski definition) is 4. The summed E-state index contributed by atoms with van der Waals surface area (Å²) in [5.74, 6) is -0.604. The molecule has 1 amide bonds. The van der Waals surface area contributed by atoms with E-state index in [0.29, 0.717) is 11.3 Å². The fraction of sp³-hybridized carbons (Fsp3) is 0.143. The van der Waals surface area contributed by atoms with E-state index in [-0.39, 0.29) is 5.92 Å². The molecule has 0 unspecified atom stereocenters. The summed E-state index contributed by atoms with van der Waals surface area (Å²) in [5, 5.41) is 5.27. The lowest BCUT2D eigenvalue weighted by atomic mass is 9.90. The van der Waals surface area contributed by atoms with Crippen LogP contribution in [0.1, 0.15) is 34.5 Å². The first-order valence-corrected chi connectivity index (χ1v) is 8.68. The Morgan fingerprint density at radius 1 is 1.19 bits per heavy atom. The first-order valence-electron chi connectivity index (χ1n) is 8.68. The zero-order chi connectivity index (χ0) is 19.0. The van der Waals surface area contributed by atoms with Crippen molar-refractivity contribution < 1.29 is 4.79 Å². The van der Waals surface area contributed by atoms with Crippen molar-refractivity contribution in [2.24, 2.45) is 12.8 Å². The lowest BCUT2D eigenvalue weighted by molar-refractivity contribution is 0.0998. The van der Waals surface area contributed by atoms with Crippen LogP contribution in [0.5, 0.6) is 0 Å². The van der Waals surface area contributed by atoms with E-state index < -0.39 is 5.91 Å². The first-order chi connectivity index (χ1) is 13.0. The summed E-state index contributed by atoms with van der Waals surface area (Å²) in [6.45, 7) is 2.03. The van der Waals surface area contributed by atoms with E-state index in [4.69, 9.17) is 10.7 Å². The molecule has 0 radical (unpaired) electrons. The number of benzene rings is 1. The SMILES string of the molecule is C[C@@H](c1ncccc1C(N)=O)c1cc(-c2cnn(C)c2)nc2ccccc12. The van der Waals surface area contributed by atoms with Crippen LogP contribution in [0.15, 0.2) is 61.1 Å². The molecule has 2 N–H and O–H groups in total. The van der Waals surface area contributed by atoms with Gasteiger partial charge in [0.2, 0.25) is 0 Å². The van der Waals surface area contributed by atoms with Crippen molar-refractivity contribution in [3.05, 3.63) is 77.9 Å². The third kappa shape index (κ3) is 3.06. The third-order valence-corrected chi connectivity index (χ3v) is 4.73. The summed E-state index contributed by atoms with van der Waals surface area (Å²) in [6.07, 6.45) is 5.41. The molecule has 0 aliphatic rings. The molecule has 1 aromatic carbocycles. The molecule has 0 fully saturated rings. The second kappa shape index (κ2) is 6.64. The van der Waals surface area contributed by atoms with Crippen LogP contribution < -0.4 is 5.73 Å². The molecule has 4 aromatic rings. The van der Waals surface area contributed by atoms with E-state index in [1.165, 1.54) is 0 Å². The van der Waals surface area contributed by atoms with Gasteiger partial charge in [0.05, 0.1) is 28.7 Å². The Morgan fingerprint density at radius 3 is 2.74 bits per heavy atom. The highest BCUT2D eigenvalue weighted by atomic mass is 16.1.